The maximum Gasteiger partial charge on any atom is 0.224 e. The summed E-state index contributed by atoms with van der Waals surface area (Å²) in [4.78, 5) is 12.1. The van der Waals surface area contributed by atoms with Gasteiger partial charge in [-0.05, 0) is 48.2 Å². The number of amides is 1. The van der Waals surface area contributed by atoms with E-state index in [4.69, 9.17) is 4.74 Å². The molecule has 0 aliphatic carbocycles. The summed E-state index contributed by atoms with van der Waals surface area (Å²) in [5, 5.41) is 3.00. The SMILES string of the molecule is CC(C)c1ccccc1NC(=O)CCCOc1ccc(Br)cc1. The van der Waals surface area contributed by atoms with Gasteiger partial charge in [0, 0.05) is 16.6 Å². The normalized spacial score (nSPS) is 10.6. The molecule has 0 heterocycles. The molecule has 122 valence electrons. The van der Waals surface area contributed by atoms with E-state index in [9.17, 15) is 4.79 Å². The number of benzene rings is 2. The Morgan fingerprint density at radius 1 is 1.13 bits per heavy atom. The molecule has 0 radical (unpaired) electrons. The van der Waals surface area contributed by atoms with Crippen molar-refractivity contribution >= 4 is 27.5 Å². The maximum absolute atomic E-state index is 12.1. The van der Waals surface area contributed by atoms with E-state index in [0.717, 1.165) is 21.5 Å². The summed E-state index contributed by atoms with van der Waals surface area (Å²) < 4.78 is 6.64. The third-order valence-electron chi connectivity index (χ3n) is 3.49. The van der Waals surface area contributed by atoms with Crippen LogP contribution in [0.15, 0.2) is 53.0 Å². The van der Waals surface area contributed by atoms with Crippen LogP contribution in [0.5, 0.6) is 5.75 Å². The van der Waals surface area contributed by atoms with Gasteiger partial charge >= 0.3 is 0 Å². The highest BCUT2D eigenvalue weighted by Gasteiger charge is 2.09. The van der Waals surface area contributed by atoms with Gasteiger partial charge in [-0.2, -0.15) is 0 Å². The lowest BCUT2D eigenvalue weighted by molar-refractivity contribution is -0.116. The fourth-order valence-corrected chi connectivity index (χ4v) is 2.54. The third-order valence-corrected chi connectivity index (χ3v) is 4.02. The molecule has 2 aromatic carbocycles. The van der Waals surface area contributed by atoms with Crippen molar-refractivity contribution in [2.24, 2.45) is 0 Å². The highest BCUT2D eigenvalue weighted by Crippen LogP contribution is 2.23. The van der Waals surface area contributed by atoms with Gasteiger partial charge in [0.1, 0.15) is 5.75 Å². The van der Waals surface area contributed by atoms with Crippen LogP contribution in [0, 0.1) is 0 Å². The zero-order valence-electron chi connectivity index (χ0n) is 13.5. The molecule has 2 aromatic rings. The highest BCUT2D eigenvalue weighted by molar-refractivity contribution is 9.10. The van der Waals surface area contributed by atoms with Gasteiger partial charge in [-0.1, -0.05) is 48.0 Å². The number of anilines is 1. The first-order valence-electron chi connectivity index (χ1n) is 7.83. The summed E-state index contributed by atoms with van der Waals surface area (Å²) in [5.74, 6) is 1.23. The topological polar surface area (TPSA) is 38.3 Å². The summed E-state index contributed by atoms with van der Waals surface area (Å²) in [5.41, 5.74) is 2.06. The highest BCUT2D eigenvalue weighted by atomic mass is 79.9. The van der Waals surface area contributed by atoms with E-state index in [1.54, 1.807) is 0 Å². The number of hydrogen-bond acceptors (Lipinski definition) is 2. The Morgan fingerprint density at radius 3 is 2.52 bits per heavy atom. The first kappa shape index (κ1) is 17.5. The lowest BCUT2D eigenvalue weighted by Crippen LogP contribution is -2.14. The number of nitrogens with one attached hydrogen (secondary N) is 1. The van der Waals surface area contributed by atoms with Crippen molar-refractivity contribution in [2.75, 3.05) is 11.9 Å². The molecule has 0 bridgehead atoms. The van der Waals surface area contributed by atoms with E-state index in [-0.39, 0.29) is 5.91 Å². The van der Waals surface area contributed by atoms with Crippen LogP contribution in [0.2, 0.25) is 0 Å². The van der Waals surface area contributed by atoms with Crippen molar-refractivity contribution < 1.29 is 9.53 Å². The number of ether oxygens (including phenoxy) is 1. The van der Waals surface area contributed by atoms with Crippen molar-refractivity contribution in [3.63, 3.8) is 0 Å². The van der Waals surface area contributed by atoms with Gasteiger partial charge in [-0.15, -0.1) is 0 Å². The van der Waals surface area contributed by atoms with E-state index < -0.39 is 0 Å². The van der Waals surface area contributed by atoms with E-state index in [1.165, 1.54) is 0 Å². The standard InChI is InChI=1S/C19H22BrNO2/c1-14(2)17-6-3-4-7-18(17)21-19(22)8-5-13-23-16-11-9-15(20)10-12-16/h3-4,6-7,9-12,14H,5,8,13H2,1-2H3,(H,21,22). The Morgan fingerprint density at radius 2 is 1.83 bits per heavy atom. The quantitative estimate of drug-likeness (QED) is 0.660. The number of hydrogen-bond donors (Lipinski definition) is 1. The Hall–Kier alpha value is -1.81. The second-order valence-corrected chi connectivity index (χ2v) is 6.61. The molecule has 0 aliphatic heterocycles. The van der Waals surface area contributed by atoms with Crippen LogP contribution in [-0.4, -0.2) is 12.5 Å². The summed E-state index contributed by atoms with van der Waals surface area (Å²) >= 11 is 3.39. The molecule has 1 N–H and O–H groups in total. The van der Waals surface area contributed by atoms with Crippen LogP contribution < -0.4 is 10.1 Å². The minimum Gasteiger partial charge on any atom is -0.494 e. The van der Waals surface area contributed by atoms with Crippen molar-refractivity contribution in [3.05, 3.63) is 58.6 Å². The Labute approximate surface area is 146 Å². The Bertz CT molecular complexity index is 638. The van der Waals surface area contributed by atoms with Gasteiger partial charge in [-0.25, -0.2) is 0 Å². The summed E-state index contributed by atoms with van der Waals surface area (Å²) in [6, 6.07) is 15.6. The van der Waals surface area contributed by atoms with Gasteiger partial charge in [-0.3, -0.25) is 4.79 Å². The van der Waals surface area contributed by atoms with E-state index in [0.29, 0.717) is 25.4 Å². The number of rotatable bonds is 7. The van der Waals surface area contributed by atoms with Crippen LogP contribution in [0.1, 0.15) is 38.2 Å². The molecular formula is C19H22BrNO2. The number of carbonyl (C=O) groups is 1. The molecule has 1 amide bonds. The van der Waals surface area contributed by atoms with Gasteiger partial charge < -0.3 is 10.1 Å². The zero-order valence-corrected chi connectivity index (χ0v) is 15.1. The Balaban J connectivity index is 1.76. The van der Waals surface area contributed by atoms with Gasteiger partial charge in [0.25, 0.3) is 0 Å². The molecule has 0 aromatic heterocycles. The fraction of sp³-hybridized carbons (Fsp3) is 0.316. The first-order chi connectivity index (χ1) is 11.1. The average Bonchev–Trinajstić information content (AvgIpc) is 2.53. The molecule has 0 saturated carbocycles. The van der Waals surface area contributed by atoms with Crippen molar-refractivity contribution in [1.82, 2.24) is 0 Å². The van der Waals surface area contributed by atoms with E-state index in [1.807, 2.05) is 42.5 Å². The van der Waals surface area contributed by atoms with Gasteiger partial charge in [0.05, 0.1) is 6.61 Å². The molecule has 3 nitrogen and oxygen atoms in total. The average molecular weight is 376 g/mol. The molecule has 0 fully saturated rings. The summed E-state index contributed by atoms with van der Waals surface area (Å²) in [7, 11) is 0. The Kier molecular flexibility index (Phi) is 6.66. The van der Waals surface area contributed by atoms with Gasteiger partial charge in [0.2, 0.25) is 5.91 Å². The first-order valence-corrected chi connectivity index (χ1v) is 8.62. The maximum atomic E-state index is 12.1. The molecule has 0 atom stereocenters. The predicted octanol–water partition coefficient (Wildman–Crippen LogP) is 5.37. The van der Waals surface area contributed by atoms with Crippen LogP contribution in [0.3, 0.4) is 0 Å². The largest absolute Gasteiger partial charge is 0.494 e. The van der Waals surface area contributed by atoms with E-state index in [2.05, 4.69) is 41.2 Å². The van der Waals surface area contributed by atoms with Crippen LogP contribution in [0.25, 0.3) is 0 Å². The predicted molar refractivity (Wildman–Crippen MR) is 98.0 cm³/mol. The van der Waals surface area contributed by atoms with Gasteiger partial charge in [0.15, 0.2) is 0 Å². The third kappa shape index (κ3) is 5.71. The number of para-hydroxylation sites is 1. The van der Waals surface area contributed by atoms with Crippen LogP contribution in [0.4, 0.5) is 5.69 Å². The molecular weight excluding hydrogens is 354 g/mol. The molecule has 0 unspecified atom stereocenters. The smallest absolute Gasteiger partial charge is 0.224 e. The van der Waals surface area contributed by atoms with Crippen LogP contribution >= 0.6 is 15.9 Å². The van der Waals surface area contributed by atoms with Crippen LogP contribution in [-0.2, 0) is 4.79 Å². The second-order valence-electron chi connectivity index (χ2n) is 5.70. The monoisotopic (exact) mass is 375 g/mol. The molecule has 23 heavy (non-hydrogen) atoms. The molecule has 2 rings (SSSR count). The zero-order chi connectivity index (χ0) is 16.7. The lowest BCUT2D eigenvalue weighted by Gasteiger charge is -2.13. The fourth-order valence-electron chi connectivity index (χ4n) is 2.28. The minimum absolute atomic E-state index is 0.0255. The number of carbonyl (C=O) groups excluding carboxylic acids is 1. The van der Waals surface area contributed by atoms with Crippen molar-refractivity contribution in [2.45, 2.75) is 32.6 Å². The molecule has 4 heteroatoms. The lowest BCUT2D eigenvalue weighted by atomic mass is 10.0. The van der Waals surface area contributed by atoms with Crippen molar-refractivity contribution in [1.29, 1.82) is 0 Å². The molecule has 0 aliphatic rings. The summed E-state index contributed by atoms with van der Waals surface area (Å²) in [6.45, 7) is 4.77. The molecule has 0 saturated heterocycles. The second kappa shape index (κ2) is 8.73. The number of halogens is 1. The van der Waals surface area contributed by atoms with Crippen molar-refractivity contribution in [3.8, 4) is 5.75 Å². The summed E-state index contributed by atoms with van der Waals surface area (Å²) in [6.07, 6.45) is 1.13. The minimum atomic E-state index is 0.0255. The van der Waals surface area contributed by atoms with E-state index >= 15 is 0 Å². The molecule has 0 spiro atoms.